The van der Waals surface area contributed by atoms with Crippen LogP contribution in [0.5, 0.6) is 0 Å². The van der Waals surface area contributed by atoms with Crippen LogP contribution in [0.25, 0.3) is 0 Å². The molecule has 3 N–H and O–H groups in total. The lowest BCUT2D eigenvalue weighted by atomic mass is 9.43. The van der Waals surface area contributed by atoms with Crippen molar-refractivity contribution in [3.05, 3.63) is 11.1 Å². The zero-order valence-electron chi connectivity index (χ0n) is 28.5. The maximum absolute atomic E-state index is 12.9. The first-order valence-electron chi connectivity index (χ1n) is 17.1. The van der Waals surface area contributed by atoms with Crippen molar-refractivity contribution in [1.82, 2.24) is 0 Å². The third-order valence-electron chi connectivity index (χ3n) is 13.1. The van der Waals surface area contributed by atoms with Gasteiger partial charge in [0.1, 0.15) is 6.10 Å². The maximum atomic E-state index is 12.9. The van der Waals surface area contributed by atoms with Crippen molar-refractivity contribution in [2.75, 3.05) is 11.5 Å². The average Bonchev–Trinajstić information content (AvgIpc) is 3.18. The number of carboxylic acids is 1. The van der Waals surface area contributed by atoms with E-state index < -0.39 is 5.97 Å². The fourth-order valence-corrected chi connectivity index (χ4v) is 12.4. The molecule has 0 aliphatic heterocycles. The molecule has 0 radical (unpaired) electrons. The van der Waals surface area contributed by atoms with Crippen LogP contribution in [0.1, 0.15) is 139 Å². The van der Waals surface area contributed by atoms with Crippen molar-refractivity contribution >= 4 is 33.5 Å². The number of nitrogens with two attached hydrogens (primary N) is 1. The van der Waals surface area contributed by atoms with E-state index in [2.05, 4.69) is 55.4 Å². The summed E-state index contributed by atoms with van der Waals surface area (Å²) in [5, 5.41) is 8.79. The van der Waals surface area contributed by atoms with Gasteiger partial charge in [-0.25, -0.2) is 0 Å². The lowest BCUT2D eigenvalue weighted by Gasteiger charge is -2.62. The Morgan fingerprint density at radius 3 is 2.30 bits per heavy atom. The Hall–Kier alpha value is -0.660. The molecule has 7 atom stereocenters. The summed E-state index contributed by atoms with van der Waals surface area (Å²) in [5.74, 6) is 2.40. The van der Waals surface area contributed by atoms with Gasteiger partial charge in [0.2, 0.25) is 0 Å². The summed E-state index contributed by atoms with van der Waals surface area (Å²) in [5.41, 5.74) is 10.7. The number of hydrogen-bond acceptors (Lipinski definition) is 6. The number of rotatable bonds is 13. The van der Waals surface area contributed by atoms with Gasteiger partial charge in [-0.1, -0.05) is 87.1 Å². The van der Waals surface area contributed by atoms with Crippen LogP contribution in [-0.4, -0.2) is 40.2 Å². The number of allylic oxidation sites excluding steroid dienone is 2. The monoisotopic (exact) mass is 635 g/mol. The van der Waals surface area contributed by atoms with Crippen molar-refractivity contribution in [1.29, 1.82) is 0 Å². The largest absolute Gasteiger partial charge is 0.481 e. The smallest absolute Gasteiger partial charge is 0.306 e. The molecule has 4 aliphatic rings. The van der Waals surface area contributed by atoms with E-state index in [4.69, 9.17) is 15.6 Å². The molecular formula is C36H61NO4S2. The highest BCUT2D eigenvalue weighted by atomic mass is 33.1. The minimum absolute atomic E-state index is 0.0375. The first-order chi connectivity index (χ1) is 20.0. The van der Waals surface area contributed by atoms with Gasteiger partial charge in [0.05, 0.1) is 12.8 Å². The van der Waals surface area contributed by atoms with E-state index in [1.54, 1.807) is 16.4 Å². The van der Waals surface area contributed by atoms with E-state index in [-0.39, 0.29) is 34.9 Å². The molecule has 0 heterocycles. The second-order valence-corrected chi connectivity index (χ2v) is 19.3. The van der Waals surface area contributed by atoms with Gasteiger partial charge in [0, 0.05) is 22.5 Å². The van der Waals surface area contributed by atoms with E-state index in [9.17, 15) is 9.59 Å². The van der Waals surface area contributed by atoms with Gasteiger partial charge < -0.3 is 15.6 Å². The first kappa shape index (κ1) is 35.2. The second kappa shape index (κ2) is 13.2. The highest BCUT2D eigenvalue weighted by Gasteiger charge is 2.63. The van der Waals surface area contributed by atoms with Gasteiger partial charge >= 0.3 is 11.9 Å². The molecule has 0 spiro atoms. The predicted octanol–water partition coefficient (Wildman–Crippen LogP) is 9.44. The van der Waals surface area contributed by atoms with Gasteiger partial charge in [-0.2, -0.15) is 0 Å². The van der Waals surface area contributed by atoms with Gasteiger partial charge in [-0.15, -0.1) is 0 Å². The van der Waals surface area contributed by atoms with Gasteiger partial charge in [-0.05, 0) is 106 Å². The molecule has 0 saturated heterocycles. The third-order valence-corrected chi connectivity index (χ3v) is 15.5. The Balaban J connectivity index is 1.42. The zero-order valence-corrected chi connectivity index (χ0v) is 30.1. The van der Waals surface area contributed by atoms with E-state index in [1.807, 2.05) is 5.57 Å². The maximum Gasteiger partial charge on any atom is 0.306 e. The van der Waals surface area contributed by atoms with Crippen molar-refractivity contribution in [2.45, 2.75) is 151 Å². The van der Waals surface area contributed by atoms with Gasteiger partial charge in [0.15, 0.2) is 0 Å². The highest BCUT2D eigenvalue weighted by molar-refractivity contribution is 8.76. The van der Waals surface area contributed by atoms with Crippen molar-refractivity contribution in [2.24, 2.45) is 45.1 Å². The summed E-state index contributed by atoms with van der Waals surface area (Å²) in [7, 11) is 3.09. The Morgan fingerprint density at radius 2 is 1.65 bits per heavy atom. The number of ether oxygens (including phenoxy) is 1. The SMILES string of the molecule is C[C@H](CCCC(C)(C)N)[C@H]1CC[C@@]2(C)C3=C(CC[C@]12C)[C@@]1(C)CCC(OC(=O)CCSSCCC(=O)O)C(C)(C)[C@@H]1CC3. The Labute approximate surface area is 270 Å². The predicted molar refractivity (Wildman–Crippen MR) is 182 cm³/mol. The van der Waals surface area contributed by atoms with E-state index in [1.165, 1.54) is 62.2 Å². The molecule has 1 unspecified atom stereocenters. The molecule has 4 aliphatic carbocycles. The number of aliphatic carboxylic acids is 1. The van der Waals surface area contributed by atoms with Crippen LogP contribution >= 0.6 is 21.6 Å². The Kier molecular flexibility index (Phi) is 10.8. The van der Waals surface area contributed by atoms with Crippen LogP contribution < -0.4 is 5.73 Å². The minimum Gasteiger partial charge on any atom is -0.481 e. The molecule has 43 heavy (non-hydrogen) atoms. The van der Waals surface area contributed by atoms with E-state index in [0.29, 0.717) is 34.7 Å². The lowest BCUT2D eigenvalue weighted by molar-refractivity contribution is -0.169. The number of carboxylic acid groups (broad SMARTS) is 1. The van der Waals surface area contributed by atoms with Crippen LogP contribution in [0.15, 0.2) is 11.1 Å². The summed E-state index contributed by atoms with van der Waals surface area (Å²) in [6.07, 6.45) is 13.8. The molecule has 2 fully saturated rings. The summed E-state index contributed by atoms with van der Waals surface area (Å²) in [6, 6.07) is 0. The Bertz CT molecular complexity index is 1070. The number of fused-ring (bicyclic) bond motifs is 4. The number of carbonyl (C=O) groups is 2. The summed E-state index contributed by atoms with van der Waals surface area (Å²) < 4.78 is 6.20. The molecule has 0 amide bonds. The van der Waals surface area contributed by atoms with Gasteiger partial charge in [-0.3, -0.25) is 9.59 Å². The normalized spacial score (nSPS) is 36.0. The molecule has 5 nitrogen and oxygen atoms in total. The summed E-state index contributed by atoms with van der Waals surface area (Å²) >= 11 is 0. The number of carbonyl (C=O) groups excluding carboxylic acids is 1. The van der Waals surface area contributed by atoms with Crippen LogP contribution in [0.4, 0.5) is 0 Å². The fraction of sp³-hybridized carbons (Fsp3) is 0.889. The van der Waals surface area contributed by atoms with E-state index in [0.717, 1.165) is 31.1 Å². The zero-order chi connectivity index (χ0) is 31.8. The van der Waals surface area contributed by atoms with Crippen LogP contribution in [0.3, 0.4) is 0 Å². The molecule has 0 aromatic rings. The Morgan fingerprint density at radius 1 is 0.977 bits per heavy atom. The molecule has 246 valence electrons. The number of hydrogen-bond donors (Lipinski definition) is 2. The van der Waals surface area contributed by atoms with Crippen molar-refractivity contribution in [3.63, 3.8) is 0 Å². The average molecular weight is 636 g/mol. The van der Waals surface area contributed by atoms with Crippen molar-refractivity contribution < 1.29 is 19.4 Å². The lowest BCUT2D eigenvalue weighted by Crippen LogP contribution is -2.55. The van der Waals surface area contributed by atoms with Crippen LogP contribution in [0, 0.1) is 39.4 Å². The highest BCUT2D eigenvalue weighted by Crippen LogP contribution is 2.72. The molecule has 7 heteroatoms. The molecule has 2 saturated carbocycles. The molecular weight excluding hydrogens is 575 g/mol. The minimum atomic E-state index is -0.777. The second-order valence-electron chi connectivity index (χ2n) is 16.6. The summed E-state index contributed by atoms with van der Waals surface area (Å²) in [6.45, 7) is 19.4. The molecule has 0 bridgehead atoms. The first-order valence-corrected chi connectivity index (χ1v) is 19.6. The standard InChI is InChI=1S/C36H61NO4S2/c1-24(10-9-18-32(2,3)37)25-13-20-36(8)27-11-12-28-33(4,5)29(41-31(40)17-23-43-42-22-16-30(38)39)15-19-34(28,6)26(27)14-21-35(25,36)7/h24-25,28-29H,9-23,37H2,1-8H3,(H,38,39)/t24-,25-,28+,29?,34-,35-,36+/m1/s1. The van der Waals surface area contributed by atoms with Crippen LogP contribution in [0.2, 0.25) is 0 Å². The third kappa shape index (κ3) is 7.04. The van der Waals surface area contributed by atoms with E-state index >= 15 is 0 Å². The summed E-state index contributed by atoms with van der Waals surface area (Å²) in [4.78, 5) is 23.5. The van der Waals surface area contributed by atoms with Crippen LogP contribution in [-0.2, 0) is 14.3 Å². The van der Waals surface area contributed by atoms with Gasteiger partial charge in [0.25, 0.3) is 0 Å². The fourth-order valence-electron chi connectivity index (χ4n) is 10.5. The topological polar surface area (TPSA) is 89.6 Å². The molecule has 0 aromatic carbocycles. The molecule has 4 rings (SSSR count). The quantitative estimate of drug-likeness (QED) is 0.0902. The van der Waals surface area contributed by atoms with Crippen molar-refractivity contribution in [3.8, 4) is 0 Å². The molecule has 0 aromatic heterocycles. The number of esters is 1.